The molecule has 0 saturated carbocycles. The van der Waals surface area contributed by atoms with E-state index in [9.17, 15) is 0 Å². The average molecular weight is 177 g/mol. The van der Waals surface area contributed by atoms with Crippen LogP contribution in [0.3, 0.4) is 0 Å². The topological polar surface area (TPSA) is 12.9 Å². The van der Waals surface area contributed by atoms with E-state index in [1.54, 1.807) is 0 Å². The SMILES string of the molecule is CCc1nc(C(C)C)c(C)cc1C. The molecule has 0 saturated heterocycles. The van der Waals surface area contributed by atoms with Gasteiger partial charge in [0.2, 0.25) is 0 Å². The van der Waals surface area contributed by atoms with E-state index in [2.05, 4.69) is 45.7 Å². The number of nitrogens with zero attached hydrogens (tertiary/aromatic N) is 1. The van der Waals surface area contributed by atoms with Crippen LogP contribution in [-0.2, 0) is 6.42 Å². The van der Waals surface area contributed by atoms with Crippen LogP contribution in [0.25, 0.3) is 0 Å². The van der Waals surface area contributed by atoms with E-state index in [-0.39, 0.29) is 0 Å². The van der Waals surface area contributed by atoms with Crippen LogP contribution >= 0.6 is 0 Å². The second kappa shape index (κ2) is 3.91. The summed E-state index contributed by atoms with van der Waals surface area (Å²) >= 11 is 0. The van der Waals surface area contributed by atoms with Crippen molar-refractivity contribution in [2.75, 3.05) is 0 Å². The van der Waals surface area contributed by atoms with Gasteiger partial charge in [0.15, 0.2) is 0 Å². The first-order valence-electron chi connectivity index (χ1n) is 5.03. The maximum Gasteiger partial charge on any atom is 0.0461 e. The fourth-order valence-electron chi connectivity index (χ4n) is 1.75. The molecule has 0 unspecified atom stereocenters. The van der Waals surface area contributed by atoms with Crippen LogP contribution in [0.1, 0.15) is 49.2 Å². The first-order chi connectivity index (χ1) is 6.06. The minimum atomic E-state index is 0.533. The highest BCUT2D eigenvalue weighted by Crippen LogP contribution is 2.19. The molecule has 0 N–H and O–H groups in total. The molecule has 1 heterocycles. The van der Waals surface area contributed by atoms with Gasteiger partial charge in [-0.3, -0.25) is 4.98 Å². The molecule has 1 rings (SSSR count). The van der Waals surface area contributed by atoms with Gasteiger partial charge in [-0.25, -0.2) is 0 Å². The van der Waals surface area contributed by atoms with Crippen LogP contribution in [-0.4, -0.2) is 4.98 Å². The predicted molar refractivity (Wildman–Crippen MR) is 57.2 cm³/mol. The van der Waals surface area contributed by atoms with E-state index in [1.807, 2.05) is 0 Å². The summed E-state index contributed by atoms with van der Waals surface area (Å²) in [4.78, 5) is 4.69. The van der Waals surface area contributed by atoms with E-state index >= 15 is 0 Å². The molecule has 13 heavy (non-hydrogen) atoms. The Balaban J connectivity index is 3.22. The van der Waals surface area contributed by atoms with Crippen molar-refractivity contribution in [3.8, 4) is 0 Å². The third-order valence-corrected chi connectivity index (χ3v) is 2.43. The van der Waals surface area contributed by atoms with Crippen LogP contribution in [0.15, 0.2) is 6.07 Å². The van der Waals surface area contributed by atoms with Crippen molar-refractivity contribution in [3.05, 3.63) is 28.6 Å². The van der Waals surface area contributed by atoms with E-state index < -0.39 is 0 Å². The first kappa shape index (κ1) is 10.2. The third-order valence-electron chi connectivity index (χ3n) is 2.43. The molecule has 1 heteroatoms. The molecule has 0 aliphatic heterocycles. The summed E-state index contributed by atoms with van der Waals surface area (Å²) < 4.78 is 0. The fourth-order valence-corrected chi connectivity index (χ4v) is 1.75. The zero-order valence-corrected chi connectivity index (χ0v) is 9.31. The van der Waals surface area contributed by atoms with Gasteiger partial charge >= 0.3 is 0 Å². The highest BCUT2D eigenvalue weighted by molar-refractivity contribution is 5.30. The monoisotopic (exact) mass is 177 g/mol. The van der Waals surface area contributed by atoms with Crippen molar-refractivity contribution in [1.29, 1.82) is 0 Å². The molecule has 0 fully saturated rings. The number of aryl methyl sites for hydroxylation is 3. The minimum absolute atomic E-state index is 0.533. The Labute approximate surface area is 81.2 Å². The van der Waals surface area contributed by atoms with Gasteiger partial charge in [-0.1, -0.05) is 26.8 Å². The first-order valence-corrected chi connectivity index (χ1v) is 5.03. The summed E-state index contributed by atoms with van der Waals surface area (Å²) in [6, 6.07) is 2.25. The Hall–Kier alpha value is -0.850. The summed E-state index contributed by atoms with van der Waals surface area (Å²) in [5.74, 6) is 0.533. The highest BCUT2D eigenvalue weighted by Gasteiger charge is 2.07. The largest absolute Gasteiger partial charge is 0.257 e. The summed E-state index contributed by atoms with van der Waals surface area (Å²) in [6.07, 6.45) is 1.03. The molecule has 72 valence electrons. The molecular formula is C12H19N. The molecule has 0 amide bonds. The van der Waals surface area contributed by atoms with Crippen LogP contribution < -0.4 is 0 Å². The van der Waals surface area contributed by atoms with Crippen molar-refractivity contribution in [3.63, 3.8) is 0 Å². The molecule has 1 aromatic rings. The normalized spacial score (nSPS) is 10.9. The summed E-state index contributed by atoms with van der Waals surface area (Å²) in [6.45, 7) is 10.8. The lowest BCUT2D eigenvalue weighted by molar-refractivity contribution is 0.791. The number of pyridine rings is 1. The van der Waals surface area contributed by atoms with Crippen LogP contribution in [0.4, 0.5) is 0 Å². The van der Waals surface area contributed by atoms with Gasteiger partial charge in [0.25, 0.3) is 0 Å². The van der Waals surface area contributed by atoms with Crippen LogP contribution in [0.2, 0.25) is 0 Å². The number of aromatic nitrogens is 1. The van der Waals surface area contributed by atoms with Crippen LogP contribution in [0, 0.1) is 13.8 Å². The van der Waals surface area contributed by atoms with Crippen molar-refractivity contribution < 1.29 is 0 Å². The zero-order valence-electron chi connectivity index (χ0n) is 9.31. The van der Waals surface area contributed by atoms with Gasteiger partial charge < -0.3 is 0 Å². The number of hydrogen-bond acceptors (Lipinski definition) is 1. The third kappa shape index (κ3) is 2.09. The molecule has 0 aromatic carbocycles. The van der Waals surface area contributed by atoms with Gasteiger partial charge in [0, 0.05) is 11.4 Å². The number of rotatable bonds is 2. The van der Waals surface area contributed by atoms with Crippen molar-refractivity contribution in [2.24, 2.45) is 0 Å². The van der Waals surface area contributed by atoms with Gasteiger partial charge in [-0.15, -0.1) is 0 Å². The fraction of sp³-hybridized carbons (Fsp3) is 0.583. The molecule has 1 aromatic heterocycles. The smallest absolute Gasteiger partial charge is 0.0461 e. The average Bonchev–Trinajstić information content (AvgIpc) is 2.03. The Morgan fingerprint density at radius 1 is 1.23 bits per heavy atom. The molecule has 0 aliphatic rings. The predicted octanol–water partition coefficient (Wildman–Crippen LogP) is 3.38. The van der Waals surface area contributed by atoms with Gasteiger partial charge in [-0.05, 0) is 37.3 Å². The van der Waals surface area contributed by atoms with Gasteiger partial charge in [-0.2, -0.15) is 0 Å². The minimum Gasteiger partial charge on any atom is -0.257 e. The summed E-state index contributed by atoms with van der Waals surface area (Å²) in [7, 11) is 0. The van der Waals surface area contributed by atoms with E-state index in [0.717, 1.165) is 6.42 Å². The van der Waals surface area contributed by atoms with E-state index in [0.29, 0.717) is 5.92 Å². The standard InChI is InChI=1S/C12H19N/c1-6-11-9(4)7-10(5)12(13-11)8(2)3/h7-8H,6H2,1-5H3. The lowest BCUT2D eigenvalue weighted by Crippen LogP contribution is -2.02. The molecule has 0 bridgehead atoms. The Morgan fingerprint density at radius 3 is 2.31 bits per heavy atom. The lowest BCUT2D eigenvalue weighted by atomic mass is 10.0. The van der Waals surface area contributed by atoms with Crippen LogP contribution in [0.5, 0.6) is 0 Å². The molecule has 1 nitrogen and oxygen atoms in total. The van der Waals surface area contributed by atoms with Gasteiger partial charge in [0.05, 0.1) is 0 Å². The van der Waals surface area contributed by atoms with Gasteiger partial charge in [0.1, 0.15) is 0 Å². The molecule has 0 aliphatic carbocycles. The summed E-state index contributed by atoms with van der Waals surface area (Å²) in [5.41, 5.74) is 5.14. The molecule has 0 spiro atoms. The van der Waals surface area contributed by atoms with Crippen molar-refractivity contribution in [2.45, 2.75) is 47.0 Å². The Morgan fingerprint density at radius 2 is 1.85 bits per heavy atom. The Kier molecular flexibility index (Phi) is 3.07. The van der Waals surface area contributed by atoms with E-state index in [1.165, 1.54) is 22.5 Å². The lowest BCUT2D eigenvalue weighted by Gasteiger charge is -2.12. The Bertz CT molecular complexity index is 300. The molecule has 0 radical (unpaired) electrons. The second-order valence-electron chi connectivity index (χ2n) is 3.96. The quantitative estimate of drug-likeness (QED) is 0.674. The maximum atomic E-state index is 4.69. The van der Waals surface area contributed by atoms with Crippen molar-refractivity contribution >= 4 is 0 Å². The van der Waals surface area contributed by atoms with E-state index in [4.69, 9.17) is 0 Å². The number of hydrogen-bond donors (Lipinski definition) is 0. The molecule has 0 atom stereocenters. The van der Waals surface area contributed by atoms with Crippen molar-refractivity contribution in [1.82, 2.24) is 4.98 Å². The zero-order chi connectivity index (χ0) is 10.0. The highest BCUT2D eigenvalue weighted by atomic mass is 14.7. The maximum absolute atomic E-state index is 4.69. The summed E-state index contributed by atoms with van der Waals surface area (Å²) in [5, 5.41) is 0. The molecular weight excluding hydrogens is 158 g/mol. The second-order valence-corrected chi connectivity index (χ2v) is 3.96.